The third-order valence-corrected chi connectivity index (χ3v) is 6.31. The third-order valence-electron chi connectivity index (χ3n) is 6.31. The zero-order valence-electron chi connectivity index (χ0n) is 17.2. The average Bonchev–Trinajstić information content (AvgIpc) is 2.71. The summed E-state index contributed by atoms with van der Waals surface area (Å²) >= 11 is 0. The number of rotatable bonds is 6. The van der Waals surface area contributed by atoms with Crippen LogP contribution in [-0.2, 0) is 14.3 Å². The van der Waals surface area contributed by atoms with E-state index in [1.807, 2.05) is 19.1 Å². The van der Waals surface area contributed by atoms with Gasteiger partial charge in [-0.25, -0.2) is 0 Å². The monoisotopic (exact) mass is 404 g/mol. The molecule has 8 nitrogen and oxygen atoms in total. The summed E-state index contributed by atoms with van der Waals surface area (Å²) in [7, 11) is 0. The van der Waals surface area contributed by atoms with Crippen LogP contribution < -0.4 is 5.32 Å². The van der Waals surface area contributed by atoms with Crippen molar-refractivity contribution in [1.82, 2.24) is 15.1 Å². The normalized spacial score (nSPS) is 29.9. The lowest BCUT2D eigenvalue weighted by atomic mass is 9.82. The standard InChI is InChI=1S/C21H32N4O4/c1-20-14-17(29-13-10-24-8-11-28-12-9-24)2-3-18(20)19(26)25(16-23-20)15-21(27)4-6-22-7-5-21/h2-3,16,22,27H,4-15H2,1H3. The molecule has 4 rings (SSSR count). The molecule has 2 fully saturated rings. The minimum Gasteiger partial charge on any atom is -0.496 e. The van der Waals surface area contributed by atoms with Crippen molar-refractivity contribution in [3.63, 3.8) is 0 Å². The smallest absolute Gasteiger partial charge is 0.257 e. The number of morpholine rings is 1. The van der Waals surface area contributed by atoms with Crippen LogP contribution in [0.4, 0.5) is 0 Å². The lowest BCUT2D eigenvalue weighted by molar-refractivity contribution is -0.127. The van der Waals surface area contributed by atoms with E-state index in [0.29, 0.717) is 31.4 Å². The molecule has 4 aliphatic rings. The number of piperidine rings is 1. The average molecular weight is 405 g/mol. The van der Waals surface area contributed by atoms with Crippen molar-refractivity contribution in [1.29, 1.82) is 0 Å². The van der Waals surface area contributed by atoms with Gasteiger partial charge in [-0.2, -0.15) is 0 Å². The highest BCUT2D eigenvalue weighted by Gasteiger charge is 2.43. The van der Waals surface area contributed by atoms with E-state index in [1.165, 1.54) is 0 Å². The second-order valence-electron chi connectivity index (χ2n) is 8.62. The Hall–Kier alpha value is -1.74. The number of nitrogens with zero attached hydrogens (tertiary/aromatic N) is 3. The van der Waals surface area contributed by atoms with Gasteiger partial charge < -0.3 is 19.9 Å². The quantitative estimate of drug-likeness (QED) is 0.662. The molecule has 29 heavy (non-hydrogen) atoms. The van der Waals surface area contributed by atoms with Crippen LogP contribution in [0.5, 0.6) is 0 Å². The fourth-order valence-electron chi connectivity index (χ4n) is 4.38. The van der Waals surface area contributed by atoms with Gasteiger partial charge in [-0.1, -0.05) is 0 Å². The molecule has 2 saturated heterocycles. The van der Waals surface area contributed by atoms with Gasteiger partial charge in [0.25, 0.3) is 5.91 Å². The second-order valence-corrected chi connectivity index (χ2v) is 8.62. The van der Waals surface area contributed by atoms with Gasteiger partial charge in [0.05, 0.1) is 43.0 Å². The molecule has 0 aromatic heterocycles. The SMILES string of the molecule is CC12CC(OCCN3CCOCC3)=CC=C1C(=O)N(CC1(O)CCNCC1)C=N2. The Kier molecular flexibility index (Phi) is 6.06. The molecule has 0 spiro atoms. The number of allylic oxidation sites excluding steroid dienone is 2. The molecule has 0 radical (unpaired) electrons. The number of aliphatic hydroxyl groups is 1. The maximum atomic E-state index is 13.1. The molecule has 1 amide bonds. The molecule has 3 heterocycles. The highest BCUT2D eigenvalue weighted by molar-refractivity contribution is 6.04. The van der Waals surface area contributed by atoms with E-state index in [1.54, 1.807) is 11.2 Å². The Morgan fingerprint density at radius 2 is 2.03 bits per heavy atom. The molecule has 1 unspecified atom stereocenters. The maximum Gasteiger partial charge on any atom is 0.257 e. The fraction of sp³-hybridized carbons (Fsp3) is 0.714. The molecule has 1 atom stereocenters. The van der Waals surface area contributed by atoms with E-state index in [0.717, 1.165) is 51.7 Å². The van der Waals surface area contributed by atoms with E-state index in [-0.39, 0.29) is 12.5 Å². The minimum atomic E-state index is -0.848. The van der Waals surface area contributed by atoms with Gasteiger partial charge in [0.15, 0.2) is 0 Å². The largest absolute Gasteiger partial charge is 0.496 e. The predicted molar refractivity (Wildman–Crippen MR) is 110 cm³/mol. The van der Waals surface area contributed by atoms with Gasteiger partial charge in [-0.15, -0.1) is 0 Å². The molecule has 0 bridgehead atoms. The zero-order chi connectivity index (χ0) is 20.3. The number of fused-ring (bicyclic) bond motifs is 1. The van der Waals surface area contributed by atoms with Crippen molar-refractivity contribution in [3.8, 4) is 0 Å². The number of hydrogen-bond acceptors (Lipinski definition) is 7. The van der Waals surface area contributed by atoms with Gasteiger partial charge in [0.2, 0.25) is 0 Å². The first-order chi connectivity index (χ1) is 14.0. The molecule has 160 valence electrons. The van der Waals surface area contributed by atoms with Crippen molar-refractivity contribution < 1.29 is 19.4 Å². The van der Waals surface area contributed by atoms with Crippen molar-refractivity contribution in [2.24, 2.45) is 4.99 Å². The summed E-state index contributed by atoms with van der Waals surface area (Å²) in [4.78, 5) is 21.7. The summed E-state index contributed by atoms with van der Waals surface area (Å²) in [6.45, 7) is 8.75. The van der Waals surface area contributed by atoms with Crippen LogP contribution in [0, 0.1) is 0 Å². The van der Waals surface area contributed by atoms with Crippen LogP contribution in [0.25, 0.3) is 0 Å². The highest BCUT2D eigenvalue weighted by atomic mass is 16.5. The lowest BCUT2D eigenvalue weighted by Crippen LogP contribution is -2.54. The van der Waals surface area contributed by atoms with Crippen molar-refractivity contribution in [2.75, 3.05) is 59.1 Å². The molecule has 1 aliphatic carbocycles. The molecule has 8 heteroatoms. The van der Waals surface area contributed by atoms with Crippen LogP contribution in [0.15, 0.2) is 28.5 Å². The summed E-state index contributed by atoms with van der Waals surface area (Å²) < 4.78 is 11.4. The Morgan fingerprint density at radius 3 is 2.79 bits per heavy atom. The topological polar surface area (TPSA) is 86.6 Å². The van der Waals surface area contributed by atoms with Gasteiger partial charge >= 0.3 is 0 Å². The van der Waals surface area contributed by atoms with Gasteiger partial charge in [0, 0.05) is 31.6 Å². The van der Waals surface area contributed by atoms with Crippen LogP contribution in [0.2, 0.25) is 0 Å². The van der Waals surface area contributed by atoms with E-state index in [2.05, 4.69) is 10.2 Å². The molecule has 0 saturated carbocycles. The molecule has 2 N–H and O–H groups in total. The summed E-state index contributed by atoms with van der Waals surface area (Å²) in [5, 5.41) is 14.0. The Bertz CT molecular complexity index is 707. The first-order valence-electron chi connectivity index (χ1n) is 10.6. The summed E-state index contributed by atoms with van der Waals surface area (Å²) in [5.74, 6) is 0.790. The number of hydrogen-bond donors (Lipinski definition) is 2. The van der Waals surface area contributed by atoms with Crippen LogP contribution in [0.1, 0.15) is 26.2 Å². The highest BCUT2D eigenvalue weighted by Crippen LogP contribution is 2.37. The summed E-state index contributed by atoms with van der Waals surface area (Å²) in [5.41, 5.74) is -0.787. The van der Waals surface area contributed by atoms with Gasteiger partial charge in [-0.05, 0) is 45.0 Å². The third kappa shape index (κ3) is 4.71. The van der Waals surface area contributed by atoms with Crippen LogP contribution >= 0.6 is 0 Å². The van der Waals surface area contributed by atoms with Crippen LogP contribution in [0.3, 0.4) is 0 Å². The van der Waals surface area contributed by atoms with Gasteiger partial charge in [0.1, 0.15) is 6.61 Å². The number of carbonyl (C=O) groups excluding carboxylic acids is 1. The first kappa shape index (κ1) is 20.5. The molecule has 0 aromatic carbocycles. The minimum absolute atomic E-state index is 0.0712. The Balaban J connectivity index is 1.36. The number of β-amino-alcohol motifs (C(OH)–C–C–N with tert-alkyl or cyclic N) is 1. The van der Waals surface area contributed by atoms with E-state index < -0.39 is 11.1 Å². The fourth-order valence-corrected chi connectivity index (χ4v) is 4.38. The Labute approximate surface area is 172 Å². The van der Waals surface area contributed by atoms with Crippen LogP contribution in [-0.4, -0.2) is 97.4 Å². The van der Waals surface area contributed by atoms with Crippen molar-refractivity contribution in [2.45, 2.75) is 37.3 Å². The predicted octanol–water partition coefficient (Wildman–Crippen LogP) is 0.293. The first-order valence-corrected chi connectivity index (χ1v) is 10.6. The second kappa shape index (κ2) is 8.55. The lowest BCUT2D eigenvalue weighted by Gasteiger charge is -2.41. The number of aliphatic imine (C=N–C) groups is 1. The summed E-state index contributed by atoms with van der Waals surface area (Å²) in [6.07, 6.45) is 7.20. The zero-order valence-corrected chi connectivity index (χ0v) is 17.2. The van der Waals surface area contributed by atoms with E-state index >= 15 is 0 Å². The molecular weight excluding hydrogens is 372 g/mol. The van der Waals surface area contributed by atoms with Crippen molar-refractivity contribution in [3.05, 3.63) is 23.5 Å². The summed E-state index contributed by atoms with van der Waals surface area (Å²) in [6, 6.07) is 0. The van der Waals surface area contributed by atoms with E-state index in [4.69, 9.17) is 14.5 Å². The molecular formula is C21H32N4O4. The van der Waals surface area contributed by atoms with E-state index in [9.17, 15) is 9.90 Å². The molecule has 3 aliphatic heterocycles. The molecule has 0 aromatic rings. The Morgan fingerprint density at radius 1 is 1.28 bits per heavy atom. The number of amides is 1. The number of ether oxygens (including phenoxy) is 2. The number of nitrogens with one attached hydrogen (secondary N) is 1. The van der Waals surface area contributed by atoms with Gasteiger partial charge in [-0.3, -0.25) is 19.6 Å². The number of carbonyl (C=O) groups is 1. The maximum absolute atomic E-state index is 13.1. The van der Waals surface area contributed by atoms with Crippen molar-refractivity contribution >= 4 is 12.2 Å².